The Hall–Kier alpha value is -0.390. The largest absolute Gasteiger partial charge is 1.00 e. The molecular formula is C27H54BrNO3. The van der Waals surface area contributed by atoms with Gasteiger partial charge in [-0.1, -0.05) is 97.0 Å². The van der Waals surface area contributed by atoms with E-state index in [1.165, 1.54) is 83.5 Å². The Morgan fingerprint density at radius 2 is 1.19 bits per heavy atom. The Kier molecular flexibility index (Phi) is 25.1. The maximum Gasteiger partial charge on any atom is 0.306 e. The van der Waals surface area contributed by atoms with Crippen molar-refractivity contribution in [1.29, 1.82) is 0 Å². The maximum absolute atomic E-state index is 11.7. The summed E-state index contributed by atoms with van der Waals surface area (Å²) in [4.78, 5) is 11.7. The molecule has 0 rings (SSSR count). The summed E-state index contributed by atoms with van der Waals surface area (Å²) >= 11 is 0. The number of quaternary nitrogens is 1. The first-order chi connectivity index (χ1) is 14.8. The van der Waals surface area contributed by atoms with Gasteiger partial charge in [-0.05, 0) is 12.0 Å². The fourth-order valence-electron chi connectivity index (χ4n) is 3.61. The van der Waals surface area contributed by atoms with Crippen LogP contribution in [0.4, 0.5) is 0 Å². The highest BCUT2D eigenvalue weighted by molar-refractivity contribution is 5.69. The zero-order valence-electron chi connectivity index (χ0n) is 21.9. The lowest BCUT2D eigenvalue weighted by atomic mass is 10.0. The maximum atomic E-state index is 11.7. The van der Waals surface area contributed by atoms with Crippen molar-refractivity contribution in [2.75, 3.05) is 47.5 Å². The molecule has 0 heterocycles. The lowest BCUT2D eigenvalue weighted by Gasteiger charge is -2.23. The number of halogens is 1. The molecule has 0 unspecified atom stereocenters. The molecule has 0 bridgehead atoms. The summed E-state index contributed by atoms with van der Waals surface area (Å²) in [6.07, 6.45) is 20.5. The van der Waals surface area contributed by atoms with Gasteiger partial charge in [0, 0.05) is 13.0 Å². The zero-order valence-corrected chi connectivity index (χ0v) is 23.5. The molecule has 0 aromatic carbocycles. The van der Waals surface area contributed by atoms with Crippen molar-refractivity contribution in [3.05, 3.63) is 12.2 Å². The van der Waals surface area contributed by atoms with Gasteiger partial charge in [-0.2, -0.15) is 0 Å². The van der Waals surface area contributed by atoms with Gasteiger partial charge in [-0.25, -0.2) is 0 Å². The third-order valence-electron chi connectivity index (χ3n) is 5.60. The minimum atomic E-state index is -0.137. The van der Waals surface area contributed by atoms with Crippen molar-refractivity contribution >= 4 is 5.97 Å². The summed E-state index contributed by atoms with van der Waals surface area (Å²) in [6, 6.07) is 0. The van der Waals surface area contributed by atoms with Crippen LogP contribution in [0.25, 0.3) is 0 Å². The Bertz CT molecular complexity index is 435. The summed E-state index contributed by atoms with van der Waals surface area (Å²) in [7, 11) is 6.38. The highest BCUT2D eigenvalue weighted by atomic mass is 79.9. The number of esters is 1. The van der Waals surface area contributed by atoms with Crippen LogP contribution in [-0.2, 0) is 14.3 Å². The zero-order chi connectivity index (χ0) is 23.2. The highest BCUT2D eigenvalue weighted by Gasteiger charge is 2.10. The first-order valence-corrected chi connectivity index (χ1v) is 13.1. The SMILES string of the molecule is C=C(COCCCCCCCCCCCCCCCC)COC(=O)CCC[N+](C)(C)C.[Br-]. The third kappa shape index (κ3) is 27.6. The van der Waals surface area contributed by atoms with Crippen molar-refractivity contribution in [2.45, 2.75) is 110 Å². The number of hydrogen-bond donors (Lipinski definition) is 0. The van der Waals surface area contributed by atoms with Crippen LogP contribution in [0.1, 0.15) is 110 Å². The molecule has 5 heteroatoms. The molecule has 0 aromatic rings. The number of carbonyl (C=O) groups is 1. The fraction of sp³-hybridized carbons (Fsp3) is 0.889. The molecule has 0 aliphatic rings. The second-order valence-electron chi connectivity index (χ2n) is 10.2. The van der Waals surface area contributed by atoms with Gasteiger partial charge in [-0.3, -0.25) is 4.79 Å². The van der Waals surface area contributed by atoms with Gasteiger partial charge in [0.1, 0.15) is 6.61 Å². The topological polar surface area (TPSA) is 35.5 Å². The average molecular weight is 521 g/mol. The molecule has 0 saturated heterocycles. The minimum absolute atomic E-state index is 0. The Labute approximate surface area is 210 Å². The van der Waals surface area contributed by atoms with Crippen LogP contribution >= 0.6 is 0 Å². The van der Waals surface area contributed by atoms with E-state index in [1.54, 1.807) is 0 Å². The second kappa shape index (κ2) is 23.8. The summed E-state index contributed by atoms with van der Waals surface area (Å²) in [5, 5.41) is 0. The molecule has 4 nitrogen and oxygen atoms in total. The molecule has 0 fully saturated rings. The Morgan fingerprint density at radius 3 is 1.66 bits per heavy atom. The van der Waals surface area contributed by atoms with E-state index >= 15 is 0 Å². The molecule has 32 heavy (non-hydrogen) atoms. The van der Waals surface area contributed by atoms with E-state index in [2.05, 4.69) is 34.6 Å². The molecule has 0 spiro atoms. The smallest absolute Gasteiger partial charge is 0.306 e. The van der Waals surface area contributed by atoms with E-state index in [9.17, 15) is 4.79 Å². The first kappa shape index (κ1) is 33.8. The lowest BCUT2D eigenvalue weighted by Crippen LogP contribution is -3.00. The van der Waals surface area contributed by atoms with E-state index in [0.717, 1.165) is 36.0 Å². The van der Waals surface area contributed by atoms with Gasteiger partial charge in [0.2, 0.25) is 0 Å². The molecule has 0 radical (unpaired) electrons. The summed E-state index contributed by atoms with van der Waals surface area (Å²) in [6.45, 7) is 8.74. The standard InChI is InChI=1S/C27H54NO3.BrH/c1-6-7-8-9-10-11-12-13-14-15-16-17-18-19-23-30-24-26(2)25-31-27(29)21-20-22-28(3,4)5;/h2,6-25H2,1,3-5H3;1H/q+1;/p-1. The van der Waals surface area contributed by atoms with E-state index in [1.807, 2.05) is 0 Å². The Morgan fingerprint density at radius 1 is 0.719 bits per heavy atom. The fourth-order valence-corrected chi connectivity index (χ4v) is 3.61. The van der Waals surface area contributed by atoms with Gasteiger partial charge in [0.25, 0.3) is 0 Å². The van der Waals surface area contributed by atoms with Crippen LogP contribution < -0.4 is 17.0 Å². The highest BCUT2D eigenvalue weighted by Crippen LogP contribution is 2.13. The minimum Gasteiger partial charge on any atom is -1.00 e. The van der Waals surface area contributed by atoms with Crippen molar-refractivity contribution < 1.29 is 35.7 Å². The number of carbonyl (C=O) groups excluding carboxylic acids is 1. The van der Waals surface area contributed by atoms with E-state index in [0.29, 0.717) is 13.0 Å². The molecule has 0 aliphatic carbocycles. The van der Waals surface area contributed by atoms with Crippen molar-refractivity contribution in [2.24, 2.45) is 0 Å². The monoisotopic (exact) mass is 519 g/mol. The van der Waals surface area contributed by atoms with Crippen LogP contribution in [0.3, 0.4) is 0 Å². The molecule has 0 aromatic heterocycles. The second-order valence-corrected chi connectivity index (χ2v) is 10.2. The lowest BCUT2D eigenvalue weighted by molar-refractivity contribution is -0.870. The molecule has 0 aliphatic heterocycles. The first-order valence-electron chi connectivity index (χ1n) is 13.1. The molecule has 0 atom stereocenters. The number of rotatable bonds is 23. The normalized spacial score (nSPS) is 11.2. The molecule has 192 valence electrons. The predicted octanol–water partition coefficient (Wildman–Crippen LogP) is 4.07. The molecule has 0 saturated carbocycles. The van der Waals surface area contributed by atoms with Crippen molar-refractivity contribution in [3.8, 4) is 0 Å². The molecule has 0 amide bonds. The predicted molar refractivity (Wildman–Crippen MR) is 133 cm³/mol. The third-order valence-corrected chi connectivity index (χ3v) is 5.60. The van der Waals surface area contributed by atoms with Crippen LogP contribution in [0.5, 0.6) is 0 Å². The molecular weight excluding hydrogens is 466 g/mol. The van der Waals surface area contributed by atoms with Crippen LogP contribution in [0.15, 0.2) is 12.2 Å². The van der Waals surface area contributed by atoms with Crippen LogP contribution in [-0.4, -0.2) is 58.0 Å². The van der Waals surface area contributed by atoms with E-state index in [4.69, 9.17) is 9.47 Å². The summed E-state index contributed by atoms with van der Waals surface area (Å²) in [5.41, 5.74) is 0.838. The number of ether oxygens (including phenoxy) is 2. The van der Waals surface area contributed by atoms with Gasteiger partial charge in [0.05, 0.1) is 40.7 Å². The van der Waals surface area contributed by atoms with Crippen molar-refractivity contribution in [3.63, 3.8) is 0 Å². The van der Waals surface area contributed by atoms with E-state index in [-0.39, 0.29) is 29.6 Å². The molecule has 0 N–H and O–H groups in total. The Balaban J connectivity index is 0. The number of nitrogens with zero attached hydrogens (tertiary/aromatic N) is 1. The van der Waals surface area contributed by atoms with E-state index < -0.39 is 0 Å². The van der Waals surface area contributed by atoms with Crippen molar-refractivity contribution in [1.82, 2.24) is 0 Å². The summed E-state index contributed by atoms with van der Waals surface area (Å²) < 4.78 is 11.8. The summed E-state index contributed by atoms with van der Waals surface area (Å²) in [5.74, 6) is -0.137. The van der Waals surface area contributed by atoms with Crippen LogP contribution in [0.2, 0.25) is 0 Å². The van der Waals surface area contributed by atoms with Gasteiger partial charge < -0.3 is 30.9 Å². The van der Waals surface area contributed by atoms with Gasteiger partial charge >= 0.3 is 5.97 Å². The van der Waals surface area contributed by atoms with Crippen LogP contribution in [0, 0.1) is 0 Å². The van der Waals surface area contributed by atoms with Gasteiger partial charge in [0.15, 0.2) is 0 Å². The number of hydrogen-bond acceptors (Lipinski definition) is 3. The number of unbranched alkanes of at least 4 members (excludes halogenated alkanes) is 13. The average Bonchev–Trinajstić information content (AvgIpc) is 2.71. The quantitative estimate of drug-likeness (QED) is 0.0882. The van der Waals surface area contributed by atoms with Gasteiger partial charge in [-0.15, -0.1) is 0 Å².